The van der Waals surface area contributed by atoms with Crippen molar-refractivity contribution in [2.75, 3.05) is 45.3 Å². The predicted molar refractivity (Wildman–Crippen MR) is 91.3 cm³/mol. The third-order valence-electron chi connectivity index (χ3n) is 3.82. The maximum atomic E-state index is 12.3. The maximum absolute atomic E-state index is 12.3. The first kappa shape index (κ1) is 18.2. The van der Waals surface area contributed by atoms with Gasteiger partial charge in [0.1, 0.15) is 0 Å². The highest BCUT2D eigenvalue weighted by molar-refractivity contribution is 5.95. The first-order valence-corrected chi connectivity index (χ1v) is 8.13. The third-order valence-corrected chi connectivity index (χ3v) is 3.82. The van der Waals surface area contributed by atoms with E-state index in [-0.39, 0.29) is 18.0 Å². The zero-order valence-electron chi connectivity index (χ0n) is 14.2. The topological polar surface area (TPSA) is 79.9 Å². The number of ether oxygens (including phenoxy) is 2. The normalized spacial score (nSPS) is 15.7. The molecule has 24 heavy (non-hydrogen) atoms. The van der Waals surface area contributed by atoms with Gasteiger partial charge in [-0.25, -0.2) is 4.79 Å². The second-order valence-electron chi connectivity index (χ2n) is 5.76. The van der Waals surface area contributed by atoms with Crippen molar-refractivity contribution in [3.8, 4) is 0 Å². The van der Waals surface area contributed by atoms with E-state index in [1.54, 1.807) is 36.3 Å². The zero-order chi connectivity index (χ0) is 17.4. The monoisotopic (exact) mass is 335 g/mol. The van der Waals surface area contributed by atoms with Crippen LogP contribution in [0.15, 0.2) is 24.3 Å². The molecule has 1 fully saturated rings. The van der Waals surface area contributed by atoms with Gasteiger partial charge in [0.05, 0.1) is 13.2 Å². The molecule has 0 aromatic heterocycles. The van der Waals surface area contributed by atoms with Crippen molar-refractivity contribution < 1.29 is 19.1 Å². The number of hydrogen-bond donors (Lipinski definition) is 2. The number of morpholine rings is 1. The Kier molecular flexibility index (Phi) is 7.02. The van der Waals surface area contributed by atoms with Crippen LogP contribution >= 0.6 is 0 Å². The molecule has 0 spiro atoms. The van der Waals surface area contributed by atoms with E-state index in [2.05, 4.69) is 10.6 Å². The number of urea groups is 1. The van der Waals surface area contributed by atoms with Gasteiger partial charge in [-0.3, -0.25) is 4.79 Å². The minimum absolute atomic E-state index is 0.0116. The Hall–Kier alpha value is -2.12. The Balaban J connectivity index is 1.85. The lowest BCUT2D eigenvalue weighted by Crippen LogP contribution is -2.40. The van der Waals surface area contributed by atoms with Gasteiger partial charge in [0.2, 0.25) is 0 Å². The summed E-state index contributed by atoms with van der Waals surface area (Å²) in [6.07, 6.45) is 0.747. The highest BCUT2D eigenvalue weighted by atomic mass is 16.5. The number of nitrogens with zero attached hydrogens (tertiary/aromatic N) is 1. The van der Waals surface area contributed by atoms with Crippen LogP contribution in [0.25, 0.3) is 0 Å². The molecule has 0 bridgehead atoms. The lowest BCUT2D eigenvalue weighted by atomic mass is 10.1. The predicted octanol–water partition coefficient (Wildman–Crippen LogP) is 1.71. The van der Waals surface area contributed by atoms with Crippen molar-refractivity contribution in [1.82, 2.24) is 10.2 Å². The molecule has 1 aromatic rings. The number of benzene rings is 1. The Bertz CT molecular complexity index is 541. The minimum atomic E-state index is -0.272. The summed E-state index contributed by atoms with van der Waals surface area (Å²) in [5, 5.41) is 5.59. The van der Waals surface area contributed by atoms with Gasteiger partial charge >= 0.3 is 6.03 Å². The minimum Gasteiger partial charge on any atom is -0.385 e. The molecule has 1 aromatic carbocycles. The number of carbonyl (C=O) groups excluding carboxylic acids is 2. The molecule has 2 N–H and O–H groups in total. The molecule has 0 unspecified atom stereocenters. The Morgan fingerprint density at radius 2 is 1.92 bits per heavy atom. The van der Waals surface area contributed by atoms with Crippen LogP contribution in [-0.2, 0) is 9.47 Å². The van der Waals surface area contributed by atoms with E-state index in [1.807, 2.05) is 6.92 Å². The van der Waals surface area contributed by atoms with Gasteiger partial charge in [-0.2, -0.15) is 0 Å². The molecule has 3 amide bonds. The molecule has 1 atom stereocenters. The summed E-state index contributed by atoms with van der Waals surface area (Å²) in [7, 11) is 1.63. The second-order valence-corrected chi connectivity index (χ2v) is 5.76. The number of anilines is 1. The average molecular weight is 335 g/mol. The quantitative estimate of drug-likeness (QED) is 0.829. The van der Waals surface area contributed by atoms with Gasteiger partial charge < -0.3 is 25.0 Å². The fourth-order valence-corrected chi connectivity index (χ4v) is 2.40. The van der Waals surface area contributed by atoms with E-state index in [1.165, 1.54) is 0 Å². The van der Waals surface area contributed by atoms with Crippen molar-refractivity contribution in [3.05, 3.63) is 29.8 Å². The van der Waals surface area contributed by atoms with E-state index >= 15 is 0 Å². The van der Waals surface area contributed by atoms with Crippen molar-refractivity contribution >= 4 is 17.6 Å². The Morgan fingerprint density at radius 3 is 2.54 bits per heavy atom. The van der Waals surface area contributed by atoms with Crippen LogP contribution in [0, 0.1) is 0 Å². The summed E-state index contributed by atoms with van der Waals surface area (Å²) in [6, 6.07) is 6.65. The molecular formula is C17H25N3O4. The smallest absolute Gasteiger partial charge is 0.319 e. The van der Waals surface area contributed by atoms with Gasteiger partial charge in [-0.1, -0.05) is 0 Å². The molecule has 132 valence electrons. The Labute approximate surface area is 142 Å². The van der Waals surface area contributed by atoms with Crippen LogP contribution in [0.5, 0.6) is 0 Å². The highest BCUT2D eigenvalue weighted by Crippen LogP contribution is 2.12. The molecule has 1 heterocycles. The maximum Gasteiger partial charge on any atom is 0.319 e. The van der Waals surface area contributed by atoms with E-state index in [0.29, 0.717) is 44.2 Å². The lowest BCUT2D eigenvalue weighted by molar-refractivity contribution is 0.0303. The Morgan fingerprint density at radius 1 is 1.25 bits per heavy atom. The van der Waals surface area contributed by atoms with Gasteiger partial charge in [0, 0.05) is 44.1 Å². The van der Waals surface area contributed by atoms with E-state index in [4.69, 9.17) is 9.47 Å². The fourth-order valence-electron chi connectivity index (χ4n) is 2.40. The molecule has 2 rings (SSSR count). The van der Waals surface area contributed by atoms with Crippen LogP contribution in [-0.4, -0.2) is 62.9 Å². The number of rotatable bonds is 6. The van der Waals surface area contributed by atoms with Crippen molar-refractivity contribution in [2.24, 2.45) is 0 Å². The van der Waals surface area contributed by atoms with E-state index < -0.39 is 0 Å². The number of amides is 3. The SMILES string of the molecule is COCC[C@H](C)NC(=O)Nc1ccc(C(=O)N2CCOCC2)cc1. The molecule has 0 saturated carbocycles. The first-order chi connectivity index (χ1) is 11.6. The summed E-state index contributed by atoms with van der Waals surface area (Å²) < 4.78 is 10.2. The summed E-state index contributed by atoms with van der Waals surface area (Å²) in [4.78, 5) is 26.0. The summed E-state index contributed by atoms with van der Waals surface area (Å²) in [6.45, 7) is 4.89. The molecule has 7 heteroatoms. The first-order valence-electron chi connectivity index (χ1n) is 8.13. The van der Waals surface area contributed by atoms with E-state index in [9.17, 15) is 9.59 Å². The van der Waals surface area contributed by atoms with Gasteiger partial charge in [-0.05, 0) is 37.6 Å². The summed E-state index contributed by atoms with van der Waals surface area (Å²) in [5.74, 6) is -0.0116. The van der Waals surface area contributed by atoms with Crippen LogP contribution in [0.2, 0.25) is 0 Å². The van der Waals surface area contributed by atoms with Gasteiger partial charge in [0.15, 0.2) is 0 Å². The summed E-state index contributed by atoms with van der Waals surface area (Å²) in [5.41, 5.74) is 1.25. The number of methoxy groups -OCH3 is 1. The molecular weight excluding hydrogens is 310 g/mol. The van der Waals surface area contributed by atoms with Gasteiger partial charge in [-0.15, -0.1) is 0 Å². The fraction of sp³-hybridized carbons (Fsp3) is 0.529. The lowest BCUT2D eigenvalue weighted by Gasteiger charge is -2.26. The third kappa shape index (κ3) is 5.50. The zero-order valence-corrected chi connectivity index (χ0v) is 14.2. The second kappa shape index (κ2) is 9.24. The largest absolute Gasteiger partial charge is 0.385 e. The highest BCUT2D eigenvalue weighted by Gasteiger charge is 2.18. The van der Waals surface area contributed by atoms with Crippen LogP contribution in [0.1, 0.15) is 23.7 Å². The number of carbonyl (C=O) groups is 2. The average Bonchev–Trinajstić information content (AvgIpc) is 2.60. The summed E-state index contributed by atoms with van der Waals surface area (Å²) >= 11 is 0. The molecule has 0 aliphatic carbocycles. The van der Waals surface area contributed by atoms with Crippen molar-refractivity contribution in [2.45, 2.75) is 19.4 Å². The van der Waals surface area contributed by atoms with Crippen LogP contribution in [0.4, 0.5) is 10.5 Å². The number of nitrogens with one attached hydrogen (secondary N) is 2. The molecule has 0 radical (unpaired) electrons. The van der Waals surface area contributed by atoms with Crippen LogP contribution < -0.4 is 10.6 Å². The van der Waals surface area contributed by atoms with Gasteiger partial charge in [0.25, 0.3) is 5.91 Å². The number of hydrogen-bond acceptors (Lipinski definition) is 4. The van der Waals surface area contributed by atoms with Crippen molar-refractivity contribution in [1.29, 1.82) is 0 Å². The molecule has 1 aliphatic rings. The molecule has 1 saturated heterocycles. The van der Waals surface area contributed by atoms with Crippen LogP contribution in [0.3, 0.4) is 0 Å². The standard InChI is InChI=1S/C17H25N3O4/c1-13(7-10-23-2)18-17(22)19-15-5-3-14(4-6-15)16(21)20-8-11-24-12-9-20/h3-6,13H,7-12H2,1-2H3,(H2,18,19,22)/t13-/m0/s1. The van der Waals surface area contributed by atoms with Crippen molar-refractivity contribution in [3.63, 3.8) is 0 Å². The molecule has 7 nitrogen and oxygen atoms in total. The van der Waals surface area contributed by atoms with E-state index in [0.717, 1.165) is 6.42 Å². The molecule has 1 aliphatic heterocycles.